The molecule has 2 atom stereocenters. The molecule has 0 rings (SSSR count). The molecule has 0 saturated carbocycles. The second kappa shape index (κ2) is 59.9. The first-order valence-corrected chi connectivity index (χ1v) is 31.6. The van der Waals surface area contributed by atoms with E-state index in [1.165, 1.54) is 283 Å². The van der Waals surface area contributed by atoms with Crippen LogP contribution in [0.5, 0.6) is 0 Å². The Balaban J connectivity index is 3.40. The van der Waals surface area contributed by atoms with E-state index in [1.54, 1.807) is 6.08 Å². The van der Waals surface area contributed by atoms with E-state index in [9.17, 15) is 19.8 Å². The van der Waals surface area contributed by atoms with Crippen molar-refractivity contribution < 1.29 is 24.5 Å². The molecule has 0 fully saturated rings. The van der Waals surface area contributed by atoms with Crippen molar-refractivity contribution in [1.82, 2.24) is 5.32 Å². The number of hydrogen-bond acceptors (Lipinski definition) is 5. The molecular weight excluding hydrogens is 863 g/mol. The number of rotatable bonds is 59. The van der Waals surface area contributed by atoms with E-state index in [-0.39, 0.29) is 18.5 Å². The van der Waals surface area contributed by atoms with Gasteiger partial charge in [0.1, 0.15) is 0 Å². The molecule has 0 heterocycles. The highest BCUT2D eigenvalue weighted by atomic mass is 16.5. The molecule has 0 aromatic heterocycles. The minimum atomic E-state index is -0.846. The maximum absolute atomic E-state index is 12.5. The van der Waals surface area contributed by atoms with Crippen LogP contribution in [0.2, 0.25) is 0 Å². The highest BCUT2D eigenvalue weighted by molar-refractivity contribution is 5.76. The van der Waals surface area contributed by atoms with Crippen LogP contribution < -0.4 is 5.32 Å². The fourth-order valence-electron chi connectivity index (χ4n) is 9.87. The van der Waals surface area contributed by atoms with Gasteiger partial charge in [-0.2, -0.15) is 0 Å². The molecule has 414 valence electrons. The fourth-order valence-corrected chi connectivity index (χ4v) is 9.87. The van der Waals surface area contributed by atoms with Crippen LogP contribution in [0, 0.1) is 0 Å². The average Bonchev–Trinajstić information content (AvgIpc) is 3.36. The molecule has 3 N–H and O–H groups in total. The highest BCUT2D eigenvalue weighted by Gasteiger charge is 2.18. The Hall–Kier alpha value is -1.66. The molecule has 0 bridgehead atoms. The van der Waals surface area contributed by atoms with E-state index < -0.39 is 12.1 Å². The van der Waals surface area contributed by atoms with Gasteiger partial charge >= 0.3 is 5.97 Å². The van der Waals surface area contributed by atoms with Crippen LogP contribution in [0.15, 0.2) is 24.3 Å². The lowest BCUT2D eigenvalue weighted by atomic mass is 10.0. The van der Waals surface area contributed by atoms with Crippen molar-refractivity contribution in [2.24, 2.45) is 0 Å². The first-order chi connectivity index (χ1) is 34.5. The van der Waals surface area contributed by atoms with Crippen molar-refractivity contribution in [3.8, 4) is 0 Å². The van der Waals surface area contributed by atoms with Crippen LogP contribution in [0.3, 0.4) is 0 Å². The summed E-state index contributed by atoms with van der Waals surface area (Å²) in [6, 6.07) is -0.630. The molecule has 0 aliphatic heterocycles. The predicted octanol–water partition coefficient (Wildman–Crippen LogP) is 19.8. The average molecular weight is 987 g/mol. The minimum absolute atomic E-state index is 0.0152. The Kier molecular flexibility index (Phi) is 58.5. The summed E-state index contributed by atoms with van der Waals surface area (Å²) >= 11 is 0. The van der Waals surface area contributed by atoms with E-state index in [0.29, 0.717) is 19.4 Å². The normalized spacial score (nSPS) is 12.7. The summed E-state index contributed by atoms with van der Waals surface area (Å²) in [5, 5.41) is 23.1. The quantitative estimate of drug-likeness (QED) is 0.0321. The molecule has 0 aliphatic carbocycles. The number of esters is 1. The zero-order valence-electron chi connectivity index (χ0n) is 47.3. The summed E-state index contributed by atoms with van der Waals surface area (Å²) < 4.78 is 5.49. The maximum atomic E-state index is 12.5. The molecule has 0 aromatic rings. The molecule has 6 heteroatoms. The number of carbonyl (C=O) groups excluding carboxylic acids is 2. The van der Waals surface area contributed by atoms with E-state index in [4.69, 9.17) is 4.74 Å². The summed E-state index contributed by atoms with van der Waals surface area (Å²) in [6.45, 7) is 4.92. The lowest BCUT2D eigenvalue weighted by molar-refractivity contribution is -0.143. The Morgan fingerprint density at radius 3 is 1.01 bits per heavy atom. The minimum Gasteiger partial charge on any atom is -0.466 e. The number of nitrogens with one attached hydrogen (secondary N) is 1. The number of ether oxygens (including phenoxy) is 1. The molecule has 0 aromatic carbocycles. The smallest absolute Gasteiger partial charge is 0.305 e. The van der Waals surface area contributed by atoms with Crippen LogP contribution in [-0.4, -0.2) is 47.4 Å². The Morgan fingerprint density at radius 2 is 0.671 bits per heavy atom. The number of unbranched alkanes of at least 4 members (excludes halogenated alkanes) is 46. The van der Waals surface area contributed by atoms with Crippen molar-refractivity contribution in [2.45, 2.75) is 360 Å². The van der Waals surface area contributed by atoms with Crippen LogP contribution in [0.1, 0.15) is 348 Å². The van der Waals surface area contributed by atoms with E-state index in [1.807, 2.05) is 6.08 Å². The zero-order valence-corrected chi connectivity index (χ0v) is 47.3. The maximum Gasteiger partial charge on any atom is 0.305 e. The Labute approximate surface area is 437 Å². The molecule has 0 aliphatic rings. The number of carbonyl (C=O) groups is 2. The molecule has 0 spiro atoms. The van der Waals surface area contributed by atoms with Gasteiger partial charge in [-0.25, -0.2) is 0 Å². The third-order valence-electron chi connectivity index (χ3n) is 14.7. The van der Waals surface area contributed by atoms with Gasteiger partial charge in [-0.3, -0.25) is 9.59 Å². The number of aliphatic hydroxyl groups excluding tert-OH is 2. The largest absolute Gasteiger partial charge is 0.466 e. The summed E-state index contributed by atoms with van der Waals surface area (Å²) in [7, 11) is 0. The predicted molar refractivity (Wildman–Crippen MR) is 306 cm³/mol. The molecular formula is C64H123NO5. The van der Waals surface area contributed by atoms with Gasteiger partial charge in [0.25, 0.3) is 0 Å². The topological polar surface area (TPSA) is 95.9 Å². The Bertz CT molecular complexity index is 1090. The van der Waals surface area contributed by atoms with Crippen molar-refractivity contribution in [3.63, 3.8) is 0 Å². The number of amides is 1. The second-order valence-corrected chi connectivity index (χ2v) is 21.7. The highest BCUT2D eigenvalue weighted by Crippen LogP contribution is 2.17. The van der Waals surface area contributed by atoms with Crippen molar-refractivity contribution in [3.05, 3.63) is 24.3 Å². The molecule has 1 amide bonds. The first-order valence-electron chi connectivity index (χ1n) is 31.6. The van der Waals surface area contributed by atoms with Gasteiger partial charge in [-0.1, -0.05) is 301 Å². The summed E-state index contributed by atoms with van der Waals surface area (Å²) in [5.41, 5.74) is 0. The van der Waals surface area contributed by atoms with Gasteiger partial charge in [0.05, 0.1) is 25.4 Å². The van der Waals surface area contributed by atoms with Crippen LogP contribution in [0.25, 0.3) is 0 Å². The van der Waals surface area contributed by atoms with Gasteiger partial charge in [0.2, 0.25) is 5.91 Å². The van der Waals surface area contributed by atoms with E-state index in [2.05, 4.69) is 31.3 Å². The molecule has 0 radical (unpaired) electrons. The van der Waals surface area contributed by atoms with Crippen molar-refractivity contribution >= 4 is 11.9 Å². The molecule has 0 saturated heterocycles. The number of allylic oxidation sites excluding steroid dienone is 3. The number of aliphatic hydroxyl groups is 2. The fraction of sp³-hybridized carbons (Fsp3) is 0.906. The number of hydrogen-bond donors (Lipinski definition) is 3. The van der Waals surface area contributed by atoms with E-state index >= 15 is 0 Å². The molecule has 2 unspecified atom stereocenters. The lowest BCUT2D eigenvalue weighted by Gasteiger charge is -2.20. The van der Waals surface area contributed by atoms with Gasteiger partial charge in [-0.15, -0.1) is 0 Å². The van der Waals surface area contributed by atoms with Crippen molar-refractivity contribution in [2.75, 3.05) is 13.2 Å². The monoisotopic (exact) mass is 986 g/mol. The third-order valence-corrected chi connectivity index (χ3v) is 14.7. The standard InChI is InChI=1S/C64H123NO5/c1-3-5-7-9-11-13-15-17-29-34-38-42-46-50-54-58-64(69)70-59-55-51-47-43-39-35-31-28-26-24-22-20-19-21-23-25-27-30-33-37-41-45-49-53-57-63(68)65-61(60-66)62(67)56-52-48-44-40-36-32-18-16-14-12-10-8-6-4-2/h21,23,52,56,61-62,66-67H,3-20,22,24-51,53-55,57-60H2,1-2H3,(H,65,68)/b23-21-,56-52+. The van der Waals surface area contributed by atoms with Gasteiger partial charge in [0, 0.05) is 12.8 Å². The van der Waals surface area contributed by atoms with Crippen LogP contribution in [-0.2, 0) is 14.3 Å². The van der Waals surface area contributed by atoms with Crippen molar-refractivity contribution in [1.29, 1.82) is 0 Å². The van der Waals surface area contributed by atoms with Gasteiger partial charge in [0.15, 0.2) is 0 Å². The zero-order chi connectivity index (χ0) is 50.7. The lowest BCUT2D eigenvalue weighted by Crippen LogP contribution is -2.45. The Morgan fingerprint density at radius 1 is 0.386 bits per heavy atom. The van der Waals surface area contributed by atoms with Crippen LogP contribution in [0.4, 0.5) is 0 Å². The second-order valence-electron chi connectivity index (χ2n) is 21.7. The SMILES string of the molecule is CCCCCCCCCCCCCC/C=C/C(O)C(CO)NC(=O)CCCCCCCCCC/C=C\CCCCCCCCCCCCCCOC(=O)CCCCCCCCCCCCCCCCC. The van der Waals surface area contributed by atoms with Crippen LogP contribution >= 0.6 is 0 Å². The summed E-state index contributed by atoms with van der Waals surface area (Å²) in [4.78, 5) is 24.5. The van der Waals surface area contributed by atoms with Gasteiger partial charge in [-0.05, 0) is 57.8 Å². The first kappa shape index (κ1) is 68.3. The molecule has 6 nitrogen and oxygen atoms in total. The molecule has 70 heavy (non-hydrogen) atoms. The summed E-state index contributed by atoms with van der Waals surface area (Å²) in [6.07, 6.45) is 73.7. The summed E-state index contributed by atoms with van der Waals surface area (Å²) in [5.74, 6) is -0.0559. The van der Waals surface area contributed by atoms with E-state index in [0.717, 1.165) is 38.5 Å². The van der Waals surface area contributed by atoms with Gasteiger partial charge < -0.3 is 20.3 Å². The third kappa shape index (κ3) is 55.7.